The van der Waals surface area contributed by atoms with E-state index in [9.17, 15) is 4.79 Å². The molecule has 0 fully saturated rings. The van der Waals surface area contributed by atoms with E-state index in [2.05, 4.69) is 12.2 Å². The molecular formula is C18H34O3. The summed E-state index contributed by atoms with van der Waals surface area (Å²) in [6.07, 6.45) is 17.6. The summed E-state index contributed by atoms with van der Waals surface area (Å²) < 4.78 is 0. The zero-order valence-electron chi connectivity index (χ0n) is 13.7. The van der Waals surface area contributed by atoms with Crippen LogP contribution in [0.1, 0.15) is 84.0 Å². The third-order valence-electron chi connectivity index (χ3n) is 3.96. The molecule has 0 spiro atoms. The van der Waals surface area contributed by atoms with Gasteiger partial charge in [0.05, 0.1) is 5.92 Å². The molecule has 124 valence electrons. The van der Waals surface area contributed by atoms with Crippen LogP contribution in [0.2, 0.25) is 0 Å². The lowest BCUT2D eigenvalue weighted by Gasteiger charge is -2.08. The van der Waals surface area contributed by atoms with Crippen molar-refractivity contribution in [2.24, 2.45) is 5.92 Å². The molecular weight excluding hydrogens is 264 g/mol. The SMILES string of the molecule is CCC(CCCCCCC=CCCCCCCO)C(=O)O. The summed E-state index contributed by atoms with van der Waals surface area (Å²) in [6, 6.07) is 0. The van der Waals surface area contributed by atoms with Crippen LogP contribution >= 0.6 is 0 Å². The lowest BCUT2D eigenvalue weighted by molar-refractivity contribution is -0.142. The van der Waals surface area contributed by atoms with Crippen LogP contribution in [0, 0.1) is 5.92 Å². The van der Waals surface area contributed by atoms with E-state index < -0.39 is 5.97 Å². The van der Waals surface area contributed by atoms with Crippen LogP contribution < -0.4 is 0 Å². The van der Waals surface area contributed by atoms with Crippen molar-refractivity contribution in [3.05, 3.63) is 12.2 Å². The van der Waals surface area contributed by atoms with E-state index in [0.29, 0.717) is 6.61 Å². The average Bonchev–Trinajstić information content (AvgIpc) is 2.47. The fraction of sp³-hybridized carbons (Fsp3) is 0.833. The maximum atomic E-state index is 10.9. The first-order valence-electron chi connectivity index (χ1n) is 8.71. The molecule has 0 saturated heterocycles. The molecule has 3 nitrogen and oxygen atoms in total. The molecule has 0 aromatic rings. The molecule has 0 aromatic carbocycles. The second-order valence-electron chi connectivity index (χ2n) is 5.83. The number of unbranched alkanes of at least 4 members (excludes halogenated alkanes) is 8. The van der Waals surface area contributed by atoms with E-state index >= 15 is 0 Å². The van der Waals surface area contributed by atoms with Crippen molar-refractivity contribution in [2.75, 3.05) is 6.61 Å². The lowest BCUT2D eigenvalue weighted by atomic mass is 9.98. The van der Waals surface area contributed by atoms with Crippen LogP contribution in [0.15, 0.2) is 12.2 Å². The lowest BCUT2D eigenvalue weighted by Crippen LogP contribution is -2.12. The number of hydrogen-bond donors (Lipinski definition) is 2. The molecule has 1 unspecified atom stereocenters. The third-order valence-corrected chi connectivity index (χ3v) is 3.96. The van der Waals surface area contributed by atoms with Gasteiger partial charge >= 0.3 is 5.97 Å². The predicted molar refractivity (Wildman–Crippen MR) is 88.4 cm³/mol. The number of rotatable bonds is 15. The summed E-state index contributed by atoms with van der Waals surface area (Å²) in [4.78, 5) is 10.9. The monoisotopic (exact) mass is 298 g/mol. The fourth-order valence-electron chi connectivity index (χ4n) is 2.47. The average molecular weight is 298 g/mol. The number of carboxylic acid groups (broad SMARTS) is 1. The van der Waals surface area contributed by atoms with Crippen molar-refractivity contribution >= 4 is 5.97 Å². The van der Waals surface area contributed by atoms with Crippen molar-refractivity contribution < 1.29 is 15.0 Å². The molecule has 0 aromatic heterocycles. The van der Waals surface area contributed by atoms with Gasteiger partial charge in [-0.25, -0.2) is 0 Å². The number of aliphatic hydroxyl groups is 1. The van der Waals surface area contributed by atoms with Gasteiger partial charge in [-0.05, 0) is 44.9 Å². The second-order valence-corrected chi connectivity index (χ2v) is 5.83. The van der Waals surface area contributed by atoms with Crippen LogP contribution in [0.25, 0.3) is 0 Å². The first-order valence-corrected chi connectivity index (χ1v) is 8.71. The molecule has 2 N–H and O–H groups in total. The first kappa shape index (κ1) is 20.2. The number of allylic oxidation sites excluding steroid dienone is 2. The highest BCUT2D eigenvalue weighted by Gasteiger charge is 2.13. The van der Waals surface area contributed by atoms with Gasteiger partial charge in [-0.1, -0.05) is 51.2 Å². The van der Waals surface area contributed by atoms with Gasteiger partial charge in [0.25, 0.3) is 0 Å². The van der Waals surface area contributed by atoms with Crippen molar-refractivity contribution in [3.8, 4) is 0 Å². The van der Waals surface area contributed by atoms with Crippen molar-refractivity contribution in [1.29, 1.82) is 0 Å². The molecule has 0 bridgehead atoms. The van der Waals surface area contributed by atoms with Gasteiger partial charge in [-0.3, -0.25) is 4.79 Å². The highest BCUT2D eigenvalue weighted by Crippen LogP contribution is 2.15. The summed E-state index contributed by atoms with van der Waals surface area (Å²) >= 11 is 0. The van der Waals surface area contributed by atoms with Gasteiger partial charge in [0.2, 0.25) is 0 Å². The fourth-order valence-corrected chi connectivity index (χ4v) is 2.47. The normalized spacial score (nSPS) is 12.9. The molecule has 0 amide bonds. The summed E-state index contributed by atoms with van der Waals surface area (Å²) in [5.74, 6) is -0.782. The number of aliphatic carboxylic acids is 1. The Morgan fingerprint density at radius 1 is 0.905 bits per heavy atom. The highest BCUT2D eigenvalue weighted by atomic mass is 16.4. The second kappa shape index (κ2) is 15.6. The van der Waals surface area contributed by atoms with Crippen molar-refractivity contribution in [1.82, 2.24) is 0 Å². The Kier molecular flexibility index (Phi) is 14.9. The van der Waals surface area contributed by atoms with Crippen LogP contribution in [0.5, 0.6) is 0 Å². The van der Waals surface area contributed by atoms with Gasteiger partial charge < -0.3 is 10.2 Å². The van der Waals surface area contributed by atoms with Gasteiger partial charge in [0, 0.05) is 6.61 Å². The zero-order valence-corrected chi connectivity index (χ0v) is 13.7. The van der Waals surface area contributed by atoms with Gasteiger partial charge in [-0.2, -0.15) is 0 Å². The molecule has 1 atom stereocenters. The Morgan fingerprint density at radius 2 is 1.43 bits per heavy atom. The quantitative estimate of drug-likeness (QED) is 0.333. The summed E-state index contributed by atoms with van der Waals surface area (Å²) in [7, 11) is 0. The smallest absolute Gasteiger partial charge is 0.306 e. The van der Waals surface area contributed by atoms with E-state index in [0.717, 1.165) is 51.4 Å². The number of aliphatic hydroxyl groups excluding tert-OH is 1. The van der Waals surface area contributed by atoms with Crippen molar-refractivity contribution in [3.63, 3.8) is 0 Å². The number of carboxylic acids is 1. The molecule has 0 aliphatic rings. The Balaban J connectivity index is 3.26. The minimum atomic E-state index is -0.639. The largest absolute Gasteiger partial charge is 0.481 e. The van der Waals surface area contributed by atoms with E-state index in [1.165, 1.54) is 25.7 Å². The minimum Gasteiger partial charge on any atom is -0.481 e. The van der Waals surface area contributed by atoms with E-state index in [1.54, 1.807) is 0 Å². The summed E-state index contributed by atoms with van der Waals surface area (Å²) in [6.45, 7) is 2.27. The van der Waals surface area contributed by atoms with Crippen LogP contribution in [0.3, 0.4) is 0 Å². The van der Waals surface area contributed by atoms with Gasteiger partial charge in [0.15, 0.2) is 0 Å². The molecule has 0 aliphatic heterocycles. The topological polar surface area (TPSA) is 57.5 Å². The molecule has 0 heterocycles. The van der Waals surface area contributed by atoms with Gasteiger partial charge in [-0.15, -0.1) is 0 Å². The predicted octanol–water partition coefficient (Wildman–Crippen LogP) is 4.94. The van der Waals surface area contributed by atoms with Crippen LogP contribution in [-0.4, -0.2) is 22.8 Å². The van der Waals surface area contributed by atoms with Crippen LogP contribution in [-0.2, 0) is 4.79 Å². The zero-order chi connectivity index (χ0) is 15.8. The summed E-state index contributed by atoms with van der Waals surface area (Å²) in [5.41, 5.74) is 0. The Hall–Kier alpha value is -0.830. The standard InChI is InChI=1S/C18H34O3/c1-2-17(18(20)21)15-13-11-9-7-5-3-4-6-8-10-12-14-16-19/h3-4,17,19H,2,5-16H2,1H3,(H,20,21). The molecule has 0 radical (unpaired) electrons. The number of carbonyl (C=O) groups is 1. The molecule has 0 rings (SSSR count). The Bertz CT molecular complexity index is 261. The Morgan fingerprint density at radius 3 is 1.90 bits per heavy atom. The summed E-state index contributed by atoms with van der Waals surface area (Å²) in [5, 5.41) is 17.6. The number of hydrogen-bond acceptors (Lipinski definition) is 2. The molecule has 0 saturated carbocycles. The molecule has 3 heteroatoms. The Labute approximate surface area is 130 Å². The maximum absolute atomic E-state index is 10.9. The van der Waals surface area contributed by atoms with Gasteiger partial charge in [0.1, 0.15) is 0 Å². The van der Waals surface area contributed by atoms with E-state index in [-0.39, 0.29) is 5.92 Å². The molecule has 0 aliphatic carbocycles. The maximum Gasteiger partial charge on any atom is 0.306 e. The van der Waals surface area contributed by atoms with E-state index in [1.807, 2.05) is 6.92 Å². The highest BCUT2D eigenvalue weighted by molar-refractivity contribution is 5.69. The molecule has 21 heavy (non-hydrogen) atoms. The minimum absolute atomic E-state index is 0.143. The van der Waals surface area contributed by atoms with E-state index in [4.69, 9.17) is 10.2 Å². The van der Waals surface area contributed by atoms with Crippen molar-refractivity contribution in [2.45, 2.75) is 84.0 Å². The first-order chi connectivity index (χ1) is 10.2. The third kappa shape index (κ3) is 13.9. The van der Waals surface area contributed by atoms with Crippen LogP contribution in [0.4, 0.5) is 0 Å².